The molecule has 3 heterocycles. The summed E-state index contributed by atoms with van der Waals surface area (Å²) in [5.41, 5.74) is 0.803. The topological polar surface area (TPSA) is 91.3 Å². The quantitative estimate of drug-likeness (QED) is 0.608. The fourth-order valence-corrected chi connectivity index (χ4v) is 2.81. The van der Waals surface area contributed by atoms with Crippen LogP contribution in [0.4, 0.5) is 5.82 Å². The first-order chi connectivity index (χ1) is 14.1. The van der Waals surface area contributed by atoms with Gasteiger partial charge < -0.3 is 17.6 Å². The van der Waals surface area contributed by atoms with Crippen molar-refractivity contribution in [3.05, 3.63) is 55.6 Å². The molecule has 0 aliphatic carbocycles. The number of likely N-dealkylation sites (N-methyl/N-ethyl adjacent to an activating group) is 2. The van der Waals surface area contributed by atoms with E-state index in [9.17, 15) is 9.59 Å². The van der Waals surface area contributed by atoms with Crippen molar-refractivity contribution >= 4 is 17.6 Å². The number of carbonyl (C=O) groups is 2. The summed E-state index contributed by atoms with van der Waals surface area (Å²) < 4.78 is 0. The van der Waals surface area contributed by atoms with Crippen molar-refractivity contribution in [2.45, 2.75) is 40.2 Å². The van der Waals surface area contributed by atoms with Crippen LogP contribution in [0.15, 0.2) is 36.8 Å². The van der Waals surface area contributed by atoms with Crippen molar-refractivity contribution in [1.82, 2.24) is 25.2 Å². The van der Waals surface area contributed by atoms with E-state index in [2.05, 4.69) is 20.3 Å². The van der Waals surface area contributed by atoms with Gasteiger partial charge in [0.25, 0.3) is 5.91 Å². The summed E-state index contributed by atoms with van der Waals surface area (Å²) in [7, 11) is 3.59. The Morgan fingerprint density at radius 3 is 2.32 bits per heavy atom. The van der Waals surface area contributed by atoms with Crippen LogP contribution in [0.1, 0.15) is 56.3 Å². The normalized spacial score (nSPS) is 13.3. The van der Waals surface area contributed by atoms with E-state index < -0.39 is 6.04 Å². The van der Waals surface area contributed by atoms with E-state index in [1.807, 2.05) is 34.7 Å². The molecule has 2 amide bonds. The summed E-state index contributed by atoms with van der Waals surface area (Å²) in [6.45, 7) is 9.29. The number of anilines is 1. The van der Waals surface area contributed by atoms with Crippen LogP contribution in [-0.2, 0) is 37.5 Å². The minimum Gasteiger partial charge on any atom is -0.358 e. The molecule has 0 saturated carbocycles. The summed E-state index contributed by atoms with van der Waals surface area (Å²) in [6, 6.07) is 4.82. The van der Waals surface area contributed by atoms with Crippen molar-refractivity contribution in [3.8, 4) is 0 Å². The molecule has 1 aliphatic heterocycles. The van der Waals surface area contributed by atoms with Crippen molar-refractivity contribution < 1.29 is 42.3 Å². The molecule has 31 heavy (non-hydrogen) atoms. The molecule has 0 unspecified atom stereocenters. The molecule has 0 spiro atoms. The zero-order chi connectivity index (χ0) is 21.8. The van der Waals surface area contributed by atoms with Crippen molar-refractivity contribution in [2.24, 2.45) is 0 Å². The van der Waals surface area contributed by atoms with Crippen LogP contribution in [0.25, 0.3) is 0 Å². The minimum atomic E-state index is -0.504. The summed E-state index contributed by atoms with van der Waals surface area (Å²) in [5.74, 6) is 0.146. The third-order valence-electron chi connectivity index (χ3n) is 4.16. The van der Waals surface area contributed by atoms with E-state index in [1.54, 1.807) is 36.3 Å². The van der Waals surface area contributed by atoms with Crippen LogP contribution in [0.3, 0.4) is 0 Å². The number of nitrogens with zero attached hydrogens (tertiary/aromatic N) is 5. The fraction of sp³-hybridized carbons (Fsp3) is 0.455. The molecule has 1 aliphatic rings. The molecule has 0 bridgehead atoms. The van der Waals surface area contributed by atoms with Crippen LogP contribution < -0.4 is 10.2 Å². The molecule has 0 saturated heterocycles. The van der Waals surface area contributed by atoms with Gasteiger partial charge in [0, 0.05) is 71.4 Å². The predicted octanol–water partition coefficient (Wildman–Crippen LogP) is 3.14. The zero-order valence-electron chi connectivity index (χ0n) is 19.8. The van der Waals surface area contributed by atoms with Crippen LogP contribution in [0, 0.1) is 7.43 Å². The largest absolute Gasteiger partial charge is 0.358 e. The molecule has 0 aromatic carbocycles. The van der Waals surface area contributed by atoms with E-state index >= 15 is 0 Å². The second-order valence-corrected chi connectivity index (χ2v) is 5.79. The molecule has 9 heteroatoms. The van der Waals surface area contributed by atoms with Gasteiger partial charge >= 0.3 is 0 Å². The number of nitrogens with one attached hydrogen (secondary N) is 1. The zero-order valence-corrected chi connectivity index (χ0v) is 22.6. The Hall–Kier alpha value is -1.77. The second-order valence-electron chi connectivity index (χ2n) is 5.79. The monoisotopic (exact) mass is 504 g/mol. The van der Waals surface area contributed by atoms with Crippen molar-refractivity contribution in [2.75, 3.05) is 32.1 Å². The van der Waals surface area contributed by atoms with Crippen LogP contribution in [-0.4, -0.2) is 58.9 Å². The Morgan fingerprint density at radius 2 is 1.74 bits per heavy atom. The van der Waals surface area contributed by atoms with Gasteiger partial charge in [-0.3, -0.25) is 19.5 Å². The Labute approximate surface area is 212 Å². The Kier molecular flexibility index (Phi) is 17.1. The molecule has 0 fully saturated rings. The van der Waals surface area contributed by atoms with Gasteiger partial charge in [0.05, 0.1) is 18.2 Å². The van der Waals surface area contributed by atoms with E-state index in [4.69, 9.17) is 0 Å². The first-order valence-electron chi connectivity index (χ1n) is 10.1. The summed E-state index contributed by atoms with van der Waals surface area (Å²) in [4.78, 5) is 41.2. The number of carbonyl (C=O) groups excluding carboxylic acids is 2. The maximum Gasteiger partial charge on any atom is 0.280 e. The second kappa shape index (κ2) is 16.9. The van der Waals surface area contributed by atoms with Gasteiger partial charge in [0.1, 0.15) is 5.82 Å². The van der Waals surface area contributed by atoms with Crippen LogP contribution >= 0.6 is 0 Å². The molecule has 169 valence electrons. The Bertz CT molecular complexity index is 776. The fourth-order valence-electron chi connectivity index (χ4n) is 2.81. The third-order valence-corrected chi connectivity index (χ3v) is 4.16. The smallest absolute Gasteiger partial charge is 0.280 e. The van der Waals surface area contributed by atoms with Gasteiger partial charge in [-0.15, -0.1) is 0 Å². The molecule has 2 aromatic heterocycles. The number of fused-ring (bicyclic) bond motifs is 1. The Morgan fingerprint density at radius 1 is 1.10 bits per heavy atom. The number of pyridine rings is 1. The van der Waals surface area contributed by atoms with Crippen molar-refractivity contribution in [1.29, 1.82) is 0 Å². The standard InChI is InChI=1S/C17H20N6O2.2C2H6.CH3.Y/c1-18-9-10-22(2)14(24)11-12-15-16(21-8-7-20-15)17(25)23(12)13-5-3-4-6-19-13;2*1-2;;/h3-8,12,18H,9-11H2,1-2H3;2*1-2H3;1H3;/q;;;-1;/t12-;;;;/m0..../s1. The maximum atomic E-state index is 12.8. The molecular weight excluding hydrogens is 469 g/mol. The maximum absolute atomic E-state index is 12.8. The minimum absolute atomic E-state index is 0. The first-order valence-corrected chi connectivity index (χ1v) is 10.1. The number of aromatic nitrogens is 3. The van der Waals surface area contributed by atoms with Gasteiger partial charge in [-0.2, -0.15) is 0 Å². The van der Waals surface area contributed by atoms with Crippen molar-refractivity contribution in [3.63, 3.8) is 0 Å². The van der Waals surface area contributed by atoms with E-state index in [1.165, 1.54) is 17.3 Å². The molecule has 8 nitrogen and oxygen atoms in total. The number of amides is 2. The van der Waals surface area contributed by atoms with Gasteiger partial charge in [-0.25, -0.2) is 9.97 Å². The molecular formula is C22H35N6O2Y-. The van der Waals surface area contributed by atoms with Gasteiger partial charge in [-0.1, -0.05) is 33.8 Å². The van der Waals surface area contributed by atoms with E-state index in [0.717, 1.165) is 0 Å². The summed E-state index contributed by atoms with van der Waals surface area (Å²) in [5, 5.41) is 3.01. The molecule has 2 aromatic rings. The van der Waals surface area contributed by atoms with E-state index in [-0.39, 0.29) is 64.1 Å². The van der Waals surface area contributed by atoms with Gasteiger partial charge in [-0.05, 0) is 19.2 Å². The summed E-state index contributed by atoms with van der Waals surface area (Å²) in [6.07, 6.45) is 4.77. The molecule has 1 N–H and O–H groups in total. The average Bonchev–Trinajstić information content (AvgIpc) is 3.07. The molecule has 1 radical (unpaired) electrons. The first kappa shape index (κ1) is 31.4. The van der Waals surface area contributed by atoms with Gasteiger partial charge in [0.15, 0.2) is 5.69 Å². The third kappa shape index (κ3) is 8.02. The summed E-state index contributed by atoms with van der Waals surface area (Å²) >= 11 is 0. The number of hydrogen-bond acceptors (Lipinski definition) is 6. The average molecular weight is 504 g/mol. The number of hydrogen-bond donors (Lipinski definition) is 1. The molecule has 1 atom stereocenters. The van der Waals surface area contributed by atoms with Crippen LogP contribution in [0.5, 0.6) is 0 Å². The van der Waals surface area contributed by atoms with Crippen LogP contribution in [0.2, 0.25) is 0 Å². The van der Waals surface area contributed by atoms with Gasteiger partial charge in [0.2, 0.25) is 5.91 Å². The Balaban J connectivity index is 0. The predicted molar refractivity (Wildman–Crippen MR) is 121 cm³/mol. The SMILES string of the molecule is CC.CC.CNCCN(C)C(=O)C[C@H]1c2nccnc2C(=O)N1c1ccccn1.[CH3-].[Y]. The number of rotatable bonds is 6. The van der Waals surface area contributed by atoms with E-state index in [0.29, 0.717) is 24.6 Å². The molecule has 3 rings (SSSR count).